The second-order valence-electron chi connectivity index (χ2n) is 6.91. The van der Waals surface area contributed by atoms with Gasteiger partial charge in [0.05, 0.1) is 11.6 Å². The van der Waals surface area contributed by atoms with Crippen LogP contribution in [0.4, 0.5) is 4.39 Å². The van der Waals surface area contributed by atoms with Gasteiger partial charge < -0.3 is 0 Å². The summed E-state index contributed by atoms with van der Waals surface area (Å²) in [5.41, 5.74) is 4.71. The number of fused-ring (bicyclic) bond motifs is 1. The van der Waals surface area contributed by atoms with E-state index < -0.39 is 0 Å². The van der Waals surface area contributed by atoms with Gasteiger partial charge in [-0.05, 0) is 67.7 Å². The number of piperidine rings is 1. The molecule has 1 aliphatic rings. The minimum absolute atomic E-state index is 0.160. The Hall–Kier alpha value is -2.26. The number of nitrogens with zero attached hydrogens (tertiary/aromatic N) is 2. The molecular formula is C22H23FN2. The quantitative estimate of drug-likeness (QED) is 0.650. The van der Waals surface area contributed by atoms with Gasteiger partial charge in [-0.15, -0.1) is 0 Å². The highest BCUT2D eigenvalue weighted by Crippen LogP contribution is 2.35. The van der Waals surface area contributed by atoms with Crippen LogP contribution in [-0.2, 0) is 0 Å². The topological polar surface area (TPSA) is 16.1 Å². The van der Waals surface area contributed by atoms with Crippen molar-refractivity contribution < 1.29 is 4.39 Å². The fourth-order valence-corrected chi connectivity index (χ4v) is 4.01. The van der Waals surface area contributed by atoms with Crippen molar-refractivity contribution in [1.29, 1.82) is 0 Å². The Labute approximate surface area is 148 Å². The molecule has 0 N–H and O–H groups in total. The van der Waals surface area contributed by atoms with Crippen LogP contribution in [0.25, 0.3) is 10.9 Å². The Bertz CT molecular complexity index is 867. The summed E-state index contributed by atoms with van der Waals surface area (Å²) in [4.78, 5) is 7.13. The van der Waals surface area contributed by atoms with Crippen LogP contribution in [0.1, 0.15) is 42.0 Å². The smallest absolute Gasteiger partial charge is 0.123 e. The Morgan fingerprint density at radius 1 is 0.960 bits per heavy atom. The van der Waals surface area contributed by atoms with Gasteiger partial charge in [0.1, 0.15) is 5.82 Å². The number of aryl methyl sites for hydroxylation is 1. The molecule has 2 nitrogen and oxygen atoms in total. The predicted octanol–water partition coefficient (Wildman–Crippen LogP) is 5.26. The molecular weight excluding hydrogens is 311 g/mol. The van der Waals surface area contributed by atoms with Gasteiger partial charge >= 0.3 is 0 Å². The first-order valence-corrected chi connectivity index (χ1v) is 9.08. The molecule has 0 bridgehead atoms. The van der Waals surface area contributed by atoms with Crippen molar-refractivity contribution in [3.8, 4) is 0 Å². The zero-order valence-corrected chi connectivity index (χ0v) is 14.6. The molecule has 4 rings (SSSR count). The van der Waals surface area contributed by atoms with Crippen molar-refractivity contribution >= 4 is 10.9 Å². The lowest BCUT2D eigenvalue weighted by atomic mass is 9.90. The first-order valence-electron chi connectivity index (χ1n) is 9.08. The highest BCUT2D eigenvalue weighted by molar-refractivity contribution is 5.82. The SMILES string of the molecule is Cc1c(C(c2ccc(F)cc2)N2CCCCC2)ccc2cccnc12. The molecule has 0 saturated carbocycles. The Kier molecular flexibility index (Phi) is 4.50. The van der Waals surface area contributed by atoms with E-state index in [0.717, 1.165) is 24.2 Å². The van der Waals surface area contributed by atoms with Crippen LogP contribution in [0, 0.1) is 12.7 Å². The fraction of sp³-hybridized carbons (Fsp3) is 0.318. The van der Waals surface area contributed by atoms with E-state index in [0.29, 0.717) is 0 Å². The van der Waals surface area contributed by atoms with Crippen molar-refractivity contribution in [2.45, 2.75) is 32.2 Å². The maximum Gasteiger partial charge on any atom is 0.123 e. The van der Waals surface area contributed by atoms with Gasteiger partial charge in [0.2, 0.25) is 0 Å². The van der Waals surface area contributed by atoms with Crippen LogP contribution in [0.15, 0.2) is 54.7 Å². The molecule has 3 aromatic rings. The number of pyridine rings is 1. The van der Waals surface area contributed by atoms with E-state index in [9.17, 15) is 4.39 Å². The summed E-state index contributed by atoms with van der Waals surface area (Å²) in [6.45, 7) is 4.33. The zero-order chi connectivity index (χ0) is 17.2. The van der Waals surface area contributed by atoms with Crippen LogP contribution in [0.5, 0.6) is 0 Å². The minimum Gasteiger partial charge on any atom is -0.292 e. The summed E-state index contributed by atoms with van der Waals surface area (Å²) in [5, 5.41) is 1.17. The van der Waals surface area contributed by atoms with Crippen molar-refractivity contribution in [3.05, 3.63) is 77.2 Å². The van der Waals surface area contributed by atoms with Crippen molar-refractivity contribution in [2.75, 3.05) is 13.1 Å². The molecule has 1 fully saturated rings. The van der Waals surface area contributed by atoms with Crippen molar-refractivity contribution in [2.24, 2.45) is 0 Å². The molecule has 0 aliphatic carbocycles. The van der Waals surface area contributed by atoms with Gasteiger partial charge in [0.15, 0.2) is 0 Å². The van der Waals surface area contributed by atoms with Crippen LogP contribution in [-0.4, -0.2) is 23.0 Å². The lowest BCUT2D eigenvalue weighted by molar-refractivity contribution is 0.187. The Balaban J connectivity index is 1.85. The highest BCUT2D eigenvalue weighted by Gasteiger charge is 2.26. The first kappa shape index (κ1) is 16.2. The third kappa shape index (κ3) is 3.16. The van der Waals surface area contributed by atoms with Crippen molar-refractivity contribution in [1.82, 2.24) is 9.88 Å². The number of hydrogen-bond donors (Lipinski definition) is 0. The zero-order valence-electron chi connectivity index (χ0n) is 14.6. The van der Waals surface area contributed by atoms with Crippen LogP contribution in [0.2, 0.25) is 0 Å². The number of halogens is 1. The molecule has 2 aromatic carbocycles. The maximum atomic E-state index is 13.5. The van der Waals surface area contributed by atoms with Gasteiger partial charge in [-0.2, -0.15) is 0 Å². The normalized spacial score (nSPS) is 16.9. The van der Waals surface area contributed by atoms with Crippen LogP contribution in [0.3, 0.4) is 0 Å². The molecule has 0 amide bonds. The van der Waals surface area contributed by atoms with Gasteiger partial charge in [0, 0.05) is 11.6 Å². The number of hydrogen-bond acceptors (Lipinski definition) is 2. The molecule has 1 atom stereocenters. The number of likely N-dealkylation sites (tertiary alicyclic amines) is 1. The van der Waals surface area contributed by atoms with Gasteiger partial charge in [-0.1, -0.05) is 36.8 Å². The highest BCUT2D eigenvalue weighted by atomic mass is 19.1. The van der Waals surface area contributed by atoms with E-state index in [1.165, 1.54) is 35.8 Å². The van der Waals surface area contributed by atoms with E-state index in [2.05, 4.69) is 35.0 Å². The largest absolute Gasteiger partial charge is 0.292 e. The third-order valence-corrected chi connectivity index (χ3v) is 5.31. The average Bonchev–Trinajstić information content (AvgIpc) is 2.66. The average molecular weight is 334 g/mol. The molecule has 1 saturated heterocycles. The molecule has 25 heavy (non-hydrogen) atoms. The first-order chi connectivity index (χ1) is 12.2. The van der Waals surface area contributed by atoms with E-state index in [4.69, 9.17) is 0 Å². The summed E-state index contributed by atoms with van der Waals surface area (Å²) >= 11 is 0. The van der Waals surface area contributed by atoms with Crippen LogP contribution >= 0.6 is 0 Å². The molecule has 3 heteroatoms. The van der Waals surface area contributed by atoms with Gasteiger partial charge in [0.25, 0.3) is 0 Å². The second kappa shape index (κ2) is 6.93. The number of benzene rings is 2. The molecule has 1 aliphatic heterocycles. The van der Waals surface area contributed by atoms with E-state index in [1.54, 1.807) is 12.1 Å². The predicted molar refractivity (Wildman–Crippen MR) is 100 cm³/mol. The van der Waals surface area contributed by atoms with Crippen molar-refractivity contribution in [3.63, 3.8) is 0 Å². The summed E-state index contributed by atoms with van der Waals surface area (Å²) in [6.07, 6.45) is 5.60. The molecule has 0 spiro atoms. The van der Waals surface area contributed by atoms with E-state index in [-0.39, 0.29) is 11.9 Å². The van der Waals surface area contributed by atoms with Gasteiger partial charge in [-0.3, -0.25) is 9.88 Å². The molecule has 128 valence electrons. The van der Waals surface area contributed by atoms with E-state index >= 15 is 0 Å². The summed E-state index contributed by atoms with van der Waals surface area (Å²) < 4.78 is 13.5. The number of aromatic nitrogens is 1. The maximum absolute atomic E-state index is 13.5. The lowest BCUT2D eigenvalue weighted by Gasteiger charge is -2.36. The lowest BCUT2D eigenvalue weighted by Crippen LogP contribution is -2.34. The monoisotopic (exact) mass is 334 g/mol. The summed E-state index contributed by atoms with van der Waals surface area (Å²) in [6, 6.07) is 15.6. The molecule has 0 radical (unpaired) electrons. The summed E-state index contributed by atoms with van der Waals surface area (Å²) in [7, 11) is 0. The third-order valence-electron chi connectivity index (χ3n) is 5.31. The number of rotatable bonds is 3. The van der Waals surface area contributed by atoms with Crippen LogP contribution < -0.4 is 0 Å². The van der Waals surface area contributed by atoms with E-state index in [1.807, 2.05) is 24.4 Å². The minimum atomic E-state index is -0.182. The standard InChI is InChI=1S/C22H23FN2/c1-16-20(12-9-17-6-5-13-24-21(16)17)22(25-14-3-2-4-15-25)18-7-10-19(23)11-8-18/h5-13,22H,2-4,14-15H2,1H3. The molecule has 1 unspecified atom stereocenters. The Morgan fingerprint density at radius 2 is 1.72 bits per heavy atom. The summed E-state index contributed by atoms with van der Waals surface area (Å²) in [5.74, 6) is -0.182. The Morgan fingerprint density at radius 3 is 2.48 bits per heavy atom. The molecule has 2 heterocycles. The van der Waals surface area contributed by atoms with Gasteiger partial charge in [-0.25, -0.2) is 4.39 Å². The second-order valence-corrected chi connectivity index (χ2v) is 6.91. The fourth-order valence-electron chi connectivity index (χ4n) is 4.01. The molecule has 1 aromatic heterocycles.